The van der Waals surface area contributed by atoms with E-state index in [1.54, 1.807) is 17.0 Å². The van der Waals surface area contributed by atoms with E-state index in [9.17, 15) is 9.90 Å². The van der Waals surface area contributed by atoms with Gasteiger partial charge >= 0.3 is 0 Å². The summed E-state index contributed by atoms with van der Waals surface area (Å²) in [5.41, 5.74) is 1.69. The summed E-state index contributed by atoms with van der Waals surface area (Å²) in [6.45, 7) is 1.26. The van der Waals surface area contributed by atoms with Crippen LogP contribution in [-0.4, -0.2) is 58.9 Å². The van der Waals surface area contributed by atoms with E-state index >= 15 is 0 Å². The smallest absolute Gasteiger partial charge is 0.273 e. The fourth-order valence-corrected chi connectivity index (χ4v) is 5.38. The van der Waals surface area contributed by atoms with E-state index in [2.05, 4.69) is 9.88 Å². The summed E-state index contributed by atoms with van der Waals surface area (Å²) in [7, 11) is 3.94. The van der Waals surface area contributed by atoms with E-state index < -0.39 is 6.10 Å². The fraction of sp³-hybridized carbons (Fsp3) is 0.250. The zero-order chi connectivity index (χ0) is 22.4. The highest BCUT2D eigenvalue weighted by Crippen LogP contribution is 2.32. The molecule has 4 heterocycles. The number of aliphatic hydroxyl groups is 1. The Morgan fingerprint density at radius 1 is 1.12 bits per heavy atom. The number of halogens is 1. The third kappa shape index (κ3) is 3.82. The quantitative estimate of drug-likeness (QED) is 0.494. The molecule has 1 aromatic carbocycles. The van der Waals surface area contributed by atoms with Crippen molar-refractivity contribution in [1.82, 2.24) is 14.5 Å². The van der Waals surface area contributed by atoms with E-state index in [1.807, 2.05) is 67.5 Å². The minimum Gasteiger partial charge on any atom is -0.390 e. The van der Waals surface area contributed by atoms with Gasteiger partial charge in [0.25, 0.3) is 5.56 Å². The Hall–Kier alpha value is -2.71. The fourth-order valence-electron chi connectivity index (χ4n) is 4.16. The second-order valence-electron chi connectivity index (χ2n) is 8.27. The van der Waals surface area contributed by atoms with Gasteiger partial charge in [0.15, 0.2) is 0 Å². The van der Waals surface area contributed by atoms with Crippen molar-refractivity contribution in [3.8, 4) is 16.1 Å². The van der Waals surface area contributed by atoms with E-state index in [0.717, 1.165) is 28.2 Å². The molecule has 1 N–H and O–H groups in total. The Kier molecular flexibility index (Phi) is 5.51. The molecule has 0 aliphatic carbocycles. The number of fused-ring (bicyclic) bond motifs is 1. The van der Waals surface area contributed by atoms with Crippen LogP contribution in [0, 0.1) is 0 Å². The van der Waals surface area contributed by atoms with Crippen LogP contribution < -0.4 is 10.5 Å². The third-order valence-electron chi connectivity index (χ3n) is 5.96. The van der Waals surface area contributed by atoms with Crippen molar-refractivity contribution in [2.24, 2.45) is 0 Å². The van der Waals surface area contributed by atoms with E-state index in [-0.39, 0.29) is 11.6 Å². The molecule has 4 aromatic rings. The zero-order valence-corrected chi connectivity index (χ0v) is 19.3. The molecule has 0 radical (unpaired) electrons. The van der Waals surface area contributed by atoms with Gasteiger partial charge in [0.2, 0.25) is 0 Å². The number of rotatable bonds is 4. The van der Waals surface area contributed by atoms with Crippen LogP contribution in [0.25, 0.3) is 26.2 Å². The molecule has 2 atom stereocenters. The van der Waals surface area contributed by atoms with Crippen molar-refractivity contribution in [3.05, 3.63) is 76.3 Å². The van der Waals surface area contributed by atoms with Crippen LogP contribution >= 0.6 is 22.9 Å². The first-order valence-corrected chi connectivity index (χ1v) is 11.6. The molecule has 0 amide bonds. The largest absolute Gasteiger partial charge is 0.390 e. The second-order valence-corrected chi connectivity index (χ2v) is 9.76. The number of hydrogen-bond acceptors (Lipinski definition) is 6. The second kappa shape index (κ2) is 8.33. The highest BCUT2D eigenvalue weighted by Gasteiger charge is 2.33. The topological polar surface area (TPSA) is 61.6 Å². The monoisotopic (exact) mass is 466 g/mol. The number of aromatic nitrogens is 2. The van der Waals surface area contributed by atoms with Crippen LogP contribution in [0.3, 0.4) is 0 Å². The molecule has 0 saturated carbocycles. The maximum Gasteiger partial charge on any atom is 0.273 e. The molecule has 32 heavy (non-hydrogen) atoms. The number of aliphatic hydroxyl groups excluding tert-OH is 1. The normalized spacial score (nSPS) is 18.7. The summed E-state index contributed by atoms with van der Waals surface area (Å²) in [6, 6.07) is 15.5. The molecule has 1 aliphatic heterocycles. The lowest BCUT2D eigenvalue weighted by molar-refractivity contribution is 0.114. The Bertz CT molecular complexity index is 1310. The molecule has 1 saturated heterocycles. The van der Waals surface area contributed by atoms with Gasteiger partial charge in [-0.25, -0.2) is 4.98 Å². The maximum absolute atomic E-state index is 13.2. The highest BCUT2D eigenvalue weighted by molar-refractivity contribution is 7.22. The predicted octanol–water partition coefficient (Wildman–Crippen LogP) is 3.88. The molecule has 6 nitrogen and oxygen atoms in total. The minimum atomic E-state index is -0.412. The highest BCUT2D eigenvalue weighted by atomic mass is 35.5. The molecular formula is C24H23ClN4O2S. The first-order chi connectivity index (χ1) is 15.4. The average Bonchev–Trinajstić information content (AvgIpc) is 3.39. The summed E-state index contributed by atoms with van der Waals surface area (Å²) in [5, 5.41) is 11.9. The first kappa shape index (κ1) is 21.2. The van der Waals surface area contributed by atoms with Gasteiger partial charge < -0.3 is 14.9 Å². The molecule has 0 spiro atoms. The van der Waals surface area contributed by atoms with Crippen molar-refractivity contribution >= 4 is 38.8 Å². The SMILES string of the molecule is CN(C)C1CN(c2ccc(-n3ccc4cc(-c5ccc(Cl)cc5)sc4c3=O)cn2)CC1O. The van der Waals surface area contributed by atoms with Crippen LogP contribution in [0.1, 0.15) is 0 Å². The predicted molar refractivity (Wildman–Crippen MR) is 131 cm³/mol. The summed E-state index contributed by atoms with van der Waals surface area (Å²) < 4.78 is 2.33. The molecule has 164 valence electrons. The Labute approximate surface area is 194 Å². The number of anilines is 1. The van der Waals surface area contributed by atoms with Gasteiger partial charge in [-0.05, 0) is 56.1 Å². The third-order valence-corrected chi connectivity index (χ3v) is 7.40. The van der Waals surface area contributed by atoms with E-state index in [4.69, 9.17) is 11.6 Å². The van der Waals surface area contributed by atoms with Crippen molar-refractivity contribution in [1.29, 1.82) is 0 Å². The zero-order valence-electron chi connectivity index (χ0n) is 17.8. The molecule has 3 aromatic heterocycles. The van der Waals surface area contributed by atoms with Crippen LogP contribution in [0.15, 0.2) is 65.7 Å². The molecule has 1 aliphatic rings. The molecule has 0 bridgehead atoms. The number of thiophene rings is 1. The number of nitrogens with zero attached hydrogens (tertiary/aromatic N) is 4. The molecular weight excluding hydrogens is 444 g/mol. The van der Waals surface area contributed by atoms with Crippen molar-refractivity contribution in [3.63, 3.8) is 0 Å². The van der Waals surface area contributed by atoms with E-state index in [0.29, 0.717) is 22.0 Å². The Balaban J connectivity index is 1.44. The summed E-state index contributed by atoms with van der Waals surface area (Å²) in [4.78, 5) is 22.9. The summed E-state index contributed by atoms with van der Waals surface area (Å²) in [5.74, 6) is 0.799. The minimum absolute atomic E-state index is 0.0634. The van der Waals surface area contributed by atoms with Crippen molar-refractivity contribution in [2.45, 2.75) is 12.1 Å². The number of hydrogen-bond donors (Lipinski definition) is 1. The lowest BCUT2D eigenvalue weighted by atomic mass is 10.2. The number of β-amino-alcohol motifs (C(OH)–C–C–N with tert-alkyl or cyclic N) is 1. The van der Waals surface area contributed by atoms with Crippen LogP contribution in [0.5, 0.6) is 0 Å². The summed E-state index contributed by atoms with van der Waals surface area (Å²) >= 11 is 7.48. The van der Waals surface area contributed by atoms with Gasteiger partial charge in [-0.15, -0.1) is 11.3 Å². The van der Waals surface area contributed by atoms with Gasteiger partial charge in [0.1, 0.15) is 10.5 Å². The van der Waals surface area contributed by atoms with Crippen molar-refractivity contribution < 1.29 is 5.11 Å². The lowest BCUT2D eigenvalue weighted by Gasteiger charge is -2.21. The Morgan fingerprint density at radius 2 is 1.91 bits per heavy atom. The van der Waals surface area contributed by atoms with Gasteiger partial charge in [-0.3, -0.25) is 9.36 Å². The lowest BCUT2D eigenvalue weighted by Crippen LogP contribution is -2.38. The molecule has 8 heteroatoms. The first-order valence-electron chi connectivity index (χ1n) is 10.4. The average molecular weight is 467 g/mol. The van der Waals surface area contributed by atoms with Gasteiger partial charge in [0, 0.05) is 34.6 Å². The van der Waals surface area contributed by atoms with Crippen LogP contribution in [0.4, 0.5) is 5.82 Å². The molecule has 5 rings (SSSR count). The van der Waals surface area contributed by atoms with Gasteiger partial charge in [-0.2, -0.15) is 0 Å². The number of pyridine rings is 2. The standard InChI is InChI=1S/C24H23ClN4O2S/c1-27(2)19-13-28(14-20(19)30)22-8-7-18(12-26-22)29-10-9-16-11-21(32-23(16)24(29)31)15-3-5-17(25)6-4-15/h3-12,19-20,30H,13-14H2,1-2H3. The van der Waals surface area contributed by atoms with Crippen molar-refractivity contribution in [2.75, 3.05) is 32.1 Å². The molecule has 1 fully saturated rings. The summed E-state index contributed by atoms with van der Waals surface area (Å²) in [6.07, 6.45) is 3.10. The van der Waals surface area contributed by atoms with E-state index in [1.165, 1.54) is 11.3 Å². The number of benzene rings is 1. The van der Waals surface area contributed by atoms with Gasteiger partial charge in [-0.1, -0.05) is 23.7 Å². The number of likely N-dealkylation sites (N-methyl/N-ethyl adjacent to an activating group) is 1. The van der Waals surface area contributed by atoms with Crippen LogP contribution in [0.2, 0.25) is 5.02 Å². The van der Waals surface area contributed by atoms with Gasteiger partial charge in [0.05, 0.1) is 24.0 Å². The van der Waals surface area contributed by atoms with Crippen LogP contribution in [-0.2, 0) is 0 Å². The molecule has 2 unspecified atom stereocenters. The maximum atomic E-state index is 13.2. The Morgan fingerprint density at radius 3 is 2.56 bits per heavy atom.